The molecule has 0 aromatic heterocycles. The first-order valence-electron chi connectivity index (χ1n) is 6.02. The number of nitrogens with zero attached hydrogens (tertiary/aromatic N) is 3. The van der Waals surface area contributed by atoms with Crippen LogP contribution in [-0.4, -0.2) is 5.97 Å². The summed E-state index contributed by atoms with van der Waals surface area (Å²) in [6.07, 6.45) is 2.72. The van der Waals surface area contributed by atoms with Crippen LogP contribution < -0.4 is 0 Å². The number of unbranched alkanes of at least 4 members (excludes halogenated alkanes) is 1. The van der Waals surface area contributed by atoms with Gasteiger partial charge in [-0.05, 0) is 0 Å². The number of fused-ring (bicyclic) bond motifs is 1. The van der Waals surface area contributed by atoms with E-state index in [-0.39, 0.29) is 5.97 Å². The first kappa shape index (κ1) is 13.9. The van der Waals surface area contributed by atoms with Crippen LogP contribution in [0.4, 0.5) is 0 Å². The molecule has 5 nitrogen and oxygen atoms in total. The maximum absolute atomic E-state index is 11.7. The fourth-order valence-corrected chi connectivity index (χ4v) is 5.68. The molecule has 1 aliphatic heterocycles. The molecule has 0 atom stereocenters. The molecule has 0 saturated carbocycles. The Labute approximate surface area is 119 Å². The Balaban J connectivity index is 2.27. The Hall–Kier alpha value is -1.53. The van der Waals surface area contributed by atoms with Crippen LogP contribution >= 0.6 is 20.2 Å². The minimum absolute atomic E-state index is 0.257. The van der Waals surface area contributed by atoms with Gasteiger partial charge in [-0.2, -0.15) is 0 Å². The molecule has 0 N–H and O–H groups in total. The van der Waals surface area contributed by atoms with E-state index in [1.54, 1.807) is 6.07 Å². The SMILES string of the molecule is CCCC/C(=C\I1OC(=O)c2ccccc21)N=[N+]=[N-]. The van der Waals surface area contributed by atoms with Crippen molar-refractivity contribution < 1.29 is 7.86 Å². The summed E-state index contributed by atoms with van der Waals surface area (Å²) in [4.78, 5) is 14.6. The van der Waals surface area contributed by atoms with Crippen molar-refractivity contribution >= 4 is 26.2 Å². The number of carbonyl (C=O) groups excluding carboxylic acids is 1. The van der Waals surface area contributed by atoms with Crippen molar-refractivity contribution in [3.63, 3.8) is 0 Å². The van der Waals surface area contributed by atoms with E-state index in [1.165, 1.54) is 0 Å². The molecule has 1 aromatic rings. The third-order valence-corrected chi connectivity index (χ3v) is 6.88. The topological polar surface area (TPSA) is 75.1 Å². The molecule has 2 rings (SSSR count). The normalized spacial score (nSPS) is 15.7. The van der Waals surface area contributed by atoms with Crippen molar-refractivity contribution in [2.45, 2.75) is 26.2 Å². The van der Waals surface area contributed by atoms with Crippen molar-refractivity contribution in [2.24, 2.45) is 5.11 Å². The van der Waals surface area contributed by atoms with Gasteiger partial charge in [-0.3, -0.25) is 0 Å². The molecule has 19 heavy (non-hydrogen) atoms. The van der Waals surface area contributed by atoms with Gasteiger partial charge in [0.25, 0.3) is 0 Å². The fraction of sp³-hybridized carbons (Fsp3) is 0.308. The summed E-state index contributed by atoms with van der Waals surface area (Å²) < 4.78 is 8.32. The summed E-state index contributed by atoms with van der Waals surface area (Å²) in [5.74, 6) is -0.257. The molecular formula is C13H14IN3O2. The van der Waals surface area contributed by atoms with E-state index < -0.39 is 20.2 Å². The molecule has 0 spiro atoms. The van der Waals surface area contributed by atoms with Crippen molar-refractivity contribution in [1.29, 1.82) is 0 Å². The molecule has 6 heteroatoms. The Morgan fingerprint density at radius 2 is 2.32 bits per heavy atom. The van der Waals surface area contributed by atoms with Gasteiger partial charge in [0.1, 0.15) is 0 Å². The predicted molar refractivity (Wildman–Crippen MR) is 81.3 cm³/mol. The number of azide groups is 1. The van der Waals surface area contributed by atoms with E-state index in [2.05, 4.69) is 16.9 Å². The van der Waals surface area contributed by atoms with Crippen LogP contribution in [0.1, 0.15) is 36.5 Å². The van der Waals surface area contributed by atoms with Gasteiger partial charge in [0.15, 0.2) is 0 Å². The van der Waals surface area contributed by atoms with E-state index in [4.69, 9.17) is 8.60 Å². The molecule has 1 heterocycles. The standard InChI is InChI=1S/C13H14IN3O2/c1-2-3-6-10(16-17-15)9-14-12-8-5-4-7-11(12)13(18)19-14/h4-5,7-9H,2-3,6H2,1H3/b10-9+. The second kappa shape index (κ2) is 6.58. The van der Waals surface area contributed by atoms with E-state index in [9.17, 15) is 4.79 Å². The van der Waals surface area contributed by atoms with E-state index >= 15 is 0 Å². The van der Waals surface area contributed by atoms with Gasteiger partial charge >= 0.3 is 119 Å². The third-order valence-electron chi connectivity index (χ3n) is 2.63. The molecule has 1 aliphatic rings. The third kappa shape index (κ3) is 3.27. The van der Waals surface area contributed by atoms with Gasteiger partial charge < -0.3 is 0 Å². The summed E-state index contributed by atoms with van der Waals surface area (Å²) >= 11 is -2.14. The summed E-state index contributed by atoms with van der Waals surface area (Å²) in [7, 11) is 0. The molecule has 0 amide bonds. The number of allylic oxidation sites excluding steroid dienone is 1. The Bertz CT molecular complexity index is 565. The second-order valence-electron chi connectivity index (χ2n) is 4.01. The number of rotatable bonds is 5. The molecule has 0 bridgehead atoms. The van der Waals surface area contributed by atoms with Gasteiger partial charge in [0, 0.05) is 0 Å². The number of benzene rings is 1. The second-order valence-corrected chi connectivity index (χ2v) is 7.81. The summed E-state index contributed by atoms with van der Waals surface area (Å²) in [6.45, 7) is 2.08. The molecule has 0 saturated heterocycles. The first-order valence-corrected chi connectivity index (χ1v) is 9.23. The van der Waals surface area contributed by atoms with Crippen molar-refractivity contribution in [3.05, 3.63) is 53.6 Å². The summed E-state index contributed by atoms with van der Waals surface area (Å²) in [5.41, 5.74) is 9.93. The van der Waals surface area contributed by atoms with Gasteiger partial charge in [0.2, 0.25) is 0 Å². The van der Waals surface area contributed by atoms with Crippen LogP contribution in [0.3, 0.4) is 0 Å². The van der Waals surface area contributed by atoms with Crippen LogP contribution in [-0.2, 0) is 3.07 Å². The summed E-state index contributed by atoms with van der Waals surface area (Å²) in [5, 5.41) is 3.71. The number of hydrogen-bond acceptors (Lipinski definition) is 3. The van der Waals surface area contributed by atoms with Gasteiger partial charge in [0.05, 0.1) is 0 Å². The van der Waals surface area contributed by atoms with Gasteiger partial charge in [-0.1, -0.05) is 0 Å². The zero-order valence-electron chi connectivity index (χ0n) is 10.5. The van der Waals surface area contributed by atoms with E-state index in [0.717, 1.165) is 22.8 Å². The number of carbonyl (C=O) groups is 1. The molecular weight excluding hydrogens is 357 g/mol. The quantitative estimate of drug-likeness (QED) is 0.323. The molecule has 0 fully saturated rings. The van der Waals surface area contributed by atoms with E-state index in [0.29, 0.717) is 11.3 Å². The minimum atomic E-state index is -2.14. The average molecular weight is 371 g/mol. The van der Waals surface area contributed by atoms with Crippen LogP contribution in [0.15, 0.2) is 39.2 Å². The fourth-order valence-electron chi connectivity index (χ4n) is 1.68. The molecule has 0 unspecified atom stereocenters. The Morgan fingerprint density at radius 3 is 3.05 bits per heavy atom. The molecule has 100 valence electrons. The monoisotopic (exact) mass is 371 g/mol. The van der Waals surface area contributed by atoms with Crippen LogP contribution in [0.25, 0.3) is 10.4 Å². The first-order chi connectivity index (χ1) is 9.26. The zero-order valence-corrected chi connectivity index (χ0v) is 12.7. The maximum atomic E-state index is 11.7. The average Bonchev–Trinajstić information content (AvgIpc) is 2.74. The van der Waals surface area contributed by atoms with Crippen LogP contribution in [0.5, 0.6) is 0 Å². The Morgan fingerprint density at radius 1 is 1.53 bits per heavy atom. The summed E-state index contributed by atoms with van der Waals surface area (Å²) in [6, 6.07) is 7.44. The Kier molecular flexibility index (Phi) is 4.81. The predicted octanol–water partition coefficient (Wildman–Crippen LogP) is 4.79. The van der Waals surface area contributed by atoms with Crippen molar-refractivity contribution in [2.75, 3.05) is 0 Å². The van der Waals surface area contributed by atoms with Crippen LogP contribution in [0.2, 0.25) is 0 Å². The number of hydrogen-bond donors (Lipinski definition) is 0. The van der Waals surface area contributed by atoms with E-state index in [1.807, 2.05) is 22.3 Å². The molecule has 0 aliphatic carbocycles. The van der Waals surface area contributed by atoms with Gasteiger partial charge in [-0.25, -0.2) is 0 Å². The zero-order chi connectivity index (χ0) is 13.7. The molecule has 0 radical (unpaired) electrons. The van der Waals surface area contributed by atoms with Crippen molar-refractivity contribution in [3.8, 4) is 0 Å². The van der Waals surface area contributed by atoms with Gasteiger partial charge in [-0.15, -0.1) is 0 Å². The van der Waals surface area contributed by atoms with Crippen molar-refractivity contribution in [1.82, 2.24) is 0 Å². The number of halogens is 1. The van der Waals surface area contributed by atoms with Crippen LogP contribution in [0, 0.1) is 3.57 Å². The molecule has 1 aromatic carbocycles.